The second-order valence-corrected chi connectivity index (χ2v) is 9.67. The Kier molecular flexibility index (Phi) is 6.11. The van der Waals surface area contributed by atoms with Crippen molar-refractivity contribution in [2.24, 2.45) is 5.92 Å². The zero-order valence-electron chi connectivity index (χ0n) is 14.8. The highest BCUT2D eigenvalue weighted by Gasteiger charge is 2.28. The zero-order chi connectivity index (χ0) is 18.6. The first kappa shape index (κ1) is 19.1. The van der Waals surface area contributed by atoms with Gasteiger partial charge in [-0.3, -0.25) is 4.79 Å². The van der Waals surface area contributed by atoms with Crippen LogP contribution in [0.5, 0.6) is 0 Å². The van der Waals surface area contributed by atoms with E-state index in [0.717, 1.165) is 19.3 Å². The lowest BCUT2D eigenvalue weighted by atomic mass is 10.0. The predicted molar refractivity (Wildman–Crippen MR) is 104 cm³/mol. The lowest BCUT2D eigenvalue weighted by molar-refractivity contribution is 0.0954. The summed E-state index contributed by atoms with van der Waals surface area (Å²) in [5, 5.41) is 4.88. The number of amides is 1. The summed E-state index contributed by atoms with van der Waals surface area (Å²) in [7, 11) is -3.47. The maximum absolute atomic E-state index is 12.7. The van der Waals surface area contributed by atoms with Gasteiger partial charge in [0.2, 0.25) is 10.0 Å². The van der Waals surface area contributed by atoms with Gasteiger partial charge >= 0.3 is 0 Å². The predicted octanol–water partition coefficient (Wildman–Crippen LogP) is 3.14. The van der Waals surface area contributed by atoms with Crippen LogP contribution in [0.2, 0.25) is 0 Å². The van der Waals surface area contributed by atoms with Crippen LogP contribution >= 0.6 is 11.3 Å². The van der Waals surface area contributed by atoms with Gasteiger partial charge < -0.3 is 5.32 Å². The first-order chi connectivity index (χ1) is 12.5. The molecule has 7 heteroatoms. The molecule has 0 atom stereocenters. The third-order valence-electron chi connectivity index (χ3n) is 4.73. The number of carbonyl (C=O) groups is 1. The van der Waals surface area contributed by atoms with E-state index in [-0.39, 0.29) is 10.8 Å². The van der Waals surface area contributed by atoms with Gasteiger partial charge in [0.25, 0.3) is 5.91 Å². The van der Waals surface area contributed by atoms with Crippen molar-refractivity contribution in [1.29, 1.82) is 0 Å². The van der Waals surface area contributed by atoms with Crippen molar-refractivity contribution in [2.75, 3.05) is 19.6 Å². The van der Waals surface area contributed by atoms with E-state index in [9.17, 15) is 13.2 Å². The molecule has 1 aromatic heterocycles. The average Bonchev–Trinajstić information content (AvgIpc) is 3.15. The summed E-state index contributed by atoms with van der Waals surface area (Å²) in [5.41, 5.74) is 0.474. The number of hydrogen-bond acceptors (Lipinski definition) is 4. The average molecular weight is 393 g/mol. The van der Waals surface area contributed by atoms with Crippen LogP contribution < -0.4 is 5.32 Å². The molecule has 140 valence electrons. The minimum Gasteiger partial charge on any atom is -0.352 e. The SMILES string of the molecule is CC1CCN(S(=O)(=O)c2ccc(C(=O)NCCc3cccs3)cc2)CC1. The summed E-state index contributed by atoms with van der Waals surface area (Å²) in [4.78, 5) is 13.7. The molecule has 1 aliphatic heterocycles. The molecule has 5 nitrogen and oxygen atoms in total. The molecular formula is C19H24N2O3S2. The molecule has 0 radical (unpaired) electrons. The molecule has 0 unspecified atom stereocenters. The van der Waals surface area contributed by atoms with Crippen molar-refractivity contribution in [1.82, 2.24) is 9.62 Å². The van der Waals surface area contributed by atoms with E-state index < -0.39 is 10.0 Å². The summed E-state index contributed by atoms with van der Waals surface area (Å²) in [6.45, 7) is 3.84. The minimum atomic E-state index is -3.47. The highest BCUT2D eigenvalue weighted by Crippen LogP contribution is 2.23. The van der Waals surface area contributed by atoms with Gasteiger partial charge in [-0.2, -0.15) is 4.31 Å². The molecular weight excluding hydrogens is 368 g/mol. The Morgan fingerprint density at radius 2 is 1.88 bits per heavy atom. The van der Waals surface area contributed by atoms with Gasteiger partial charge in [0.15, 0.2) is 0 Å². The van der Waals surface area contributed by atoms with Gasteiger partial charge in [-0.15, -0.1) is 11.3 Å². The molecule has 1 saturated heterocycles. The number of nitrogens with one attached hydrogen (secondary N) is 1. The maximum atomic E-state index is 12.7. The van der Waals surface area contributed by atoms with Crippen LogP contribution in [0.1, 0.15) is 35.0 Å². The normalized spacial score (nSPS) is 16.5. The molecule has 1 fully saturated rings. The van der Waals surface area contributed by atoms with E-state index in [1.54, 1.807) is 27.8 Å². The number of nitrogens with zero attached hydrogens (tertiary/aromatic N) is 1. The number of sulfonamides is 1. The lowest BCUT2D eigenvalue weighted by Crippen LogP contribution is -2.37. The fraction of sp³-hybridized carbons (Fsp3) is 0.421. The second-order valence-electron chi connectivity index (χ2n) is 6.70. The summed E-state index contributed by atoms with van der Waals surface area (Å²) in [6, 6.07) is 10.3. The van der Waals surface area contributed by atoms with Crippen molar-refractivity contribution in [3.63, 3.8) is 0 Å². The topological polar surface area (TPSA) is 66.5 Å². The van der Waals surface area contributed by atoms with Crippen LogP contribution in [-0.2, 0) is 16.4 Å². The quantitative estimate of drug-likeness (QED) is 0.821. The van der Waals surface area contributed by atoms with E-state index in [1.807, 2.05) is 17.5 Å². The first-order valence-corrected chi connectivity index (χ1v) is 11.2. The van der Waals surface area contributed by atoms with Crippen molar-refractivity contribution in [3.8, 4) is 0 Å². The lowest BCUT2D eigenvalue weighted by Gasteiger charge is -2.29. The molecule has 1 aromatic carbocycles. The number of carbonyl (C=O) groups excluding carboxylic acids is 1. The minimum absolute atomic E-state index is 0.183. The molecule has 2 aromatic rings. The van der Waals surface area contributed by atoms with Gasteiger partial charge in [0.1, 0.15) is 0 Å². The Hall–Kier alpha value is -1.70. The van der Waals surface area contributed by atoms with Crippen LogP contribution in [0.3, 0.4) is 0 Å². The van der Waals surface area contributed by atoms with Crippen LogP contribution in [0.15, 0.2) is 46.7 Å². The standard InChI is InChI=1S/C19H24N2O3S2/c1-15-9-12-21(13-10-15)26(23,24)18-6-4-16(5-7-18)19(22)20-11-8-17-3-2-14-25-17/h2-7,14-15H,8-13H2,1H3,(H,20,22). The van der Waals surface area contributed by atoms with Crippen molar-refractivity contribution in [2.45, 2.75) is 31.1 Å². The number of rotatable bonds is 6. The smallest absolute Gasteiger partial charge is 0.251 e. The van der Waals surface area contributed by atoms with Crippen LogP contribution in [-0.4, -0.2) is 38.3 Å². The zero-order valence-corrected chi connectivity index (χ0v) is 16.5. The van der Waals surface area contributed by atoms with Crippen molar-refractivity contribution in [3.05, 3.63) is 52.2 Å². The van der Waals surface area contributed by atoms with Crippen molar-refractivity contribution >= 4 is 27.3 Å². The summed E-state index contributed by atoms with van der Waals surface area (Å²) >= 11 is 1.67. The third kappa shape index (κ3) is 4.52. The number of piperidine rings is 1. The number of thiophene rings is 1. The van der Waals surface area contributed by atoms with Crippen LogP contribution in [0, 0.1) is 5.92 Å². The Bertz CT molecular complexity index is 822. The van der Waals surface area contributed by atoms with Gasteiger partial charge in [0, 0.05) is 30.1 Å². The molecule has 1 aliphatic rings. The van der Waals surface area contributed by atoms with E-state index in [2.05, 4.69) is 12.2 Å². The summed E-state index contributed by atoms with van der Waals surface area (Å²) in [6.07, 6.45) is 2.58. The van der Waals surface area contributed by atoms with Crippen molar-refractivity contribution < 1.29 is 13.2 Å². The van der Waals surface area contributed by atoms with Gasteiger partial charge in [0.05, 0.1) is 4.90 Å². The van der Waals surface area contributed by atoms with Crippen LogP contribution in [0.25, 0.3) is 0 Å². The Balaban J connectivity index is 1.59. The highest BCUT2D eigenvalue weighted by atomic mass is 32.2. The Morgan fingerprint density at radius 1 is 1.19 bits per heavy atom. The molecule has 0 bridgehead atoms. The monoisotopic (exact) mass is 392 g/mol. The Morgan fingerprint density at radius 3 is 2.50 bits per heavy atom. The summed E-state index contributed by atoms with van der Waals surface area (Å²) < 4.78 is 27.0. The first-order valence-electron chi connectivity index (χ1n) is 8.87. The maximum Gasteiger partial charge on any atom is 0.251 e. The number of benzene rings is 1. The Labute approximate surface area is 159 Å². The van der Waals surface area contributed by atoms with E-state index >= 15 is 0 Å². The van der Waals surface area contributed by atoms with Gasteiger partial charge in [-0.05, 0) is 60.9 Å². The fourth-order valence-corrected chi connectivity index (χ4v) is 5.19. The number of hydrogen-bond donors (Lipinski definition) is 1. The van der Waals surface area contributed by atoms with E-state index in [1.165, 1.54) is 17.0 Å². The van der Waals surface area contributed by atoms with E-state index in [0.29, 0.717) is 31.1 Å². The summed E-state index contributed by atoms with van der Waals surface area (Å²) in [5.74, 6) is 0.388. The molecule has 1 amide bonds. The molecule has 0 spiro atoms. The molecule has 0 aliphatic carbocycles. The molecule has 1 N–H and O–H groups in total. The molecule has 2 heterocycles. The fourth-order valence-electron chi connectivity index (χ4n) is 3.01. The molecule has 3 rings (SSSR count). The van der Waals surface area contributed by atoms with Gasteiger partial charge in [-0.25, -0.2) is 8.42 Å². The third-order valence-corrected chi connectivity index (χ3v) is 7.58. The van der Waals surface area contributed by atoms with Crippen LogP contribution in [0.4, 0.5) is 0 Å². The van der Waals surface area contributed by atoms with E-state index in [4.69, 9.17) is 0 Å². The highest BCUT2D eigenvalue weighted by molar-refractivity contribution is 7.89. The van der Waals surface area contributed by atoms with Gasteiger partial charge in [-0.1, -0.05) is 13.0 Å². The molecule has 0 saturated carbocycles. The largest absolute Gasteiger partial charge is 0.352 e. The molecule has 26 heavy (non-hydrogen) atoms. The second kappa shape index (κ2) is 8.33.